The smallest absolute Gasteiger partial charge is 0.224 e. The first-order valence-corrected chi connectivity index (χ1v) is 9.88. The maximum Gasteiger partial charge on any atom is 0.224 e. The van der Waals surface area contributed by atoms with Gasteiger partial charge in [-0.15, -0.1) is 0 Å². The summed E-state index contributed by atoms with van der Waals surface area (Å²) in [5.41, 5.74) is 1.93. The highest BCUT2D eigenvalue weighted by Crippen LogP contribution is 2.31. The number of anilines is 2. The second-order valence-electron chi connectivity index (χ2n) is 6.21. The zero-order chi connectivity index (χ0) is 16.1. The van der Waals surface area contributed by atoms with Crippen molar-refractivity contribution in [2.75, 3.05) is 47.9 Å². The topological polar surface area (TPSA) is 44.4 Å². The van der Waals surface area contributed by atoms with E-state index in [4.69, 9.17) is 11.6 Å². The molecule has 1 atom stereocenters. The van der Waals surface area contributed by atoms with Gasteiger partial charge in [0.1, 0.15) is 0 Å². The van der Waals surface area contributed by atoms with Crippen molar-refractivity contribution in [2.45, 2.75) is 19.3 Å². The number of amides is 1. The molecule has 0 bridgehead atoms. The number of nitrogens with one attached hydrogen (secondary N) is 2. The van der Waals surface area contributed by atoms with Gasteiger partial charge in [-0.3, -0.25) is 4.79 Å². The van der Waals surface area contributed by atoms with Gasteiger partial charge in [0.25, 0.3) is 0 Å². The third-order valence-electron chi connectivity index (χ3n) is 4.53. The number of benzene rings is 1. The van der Waals surface area contributed by atoms with Gasteiger partial charge in [0.2, 0.25) is 5.91 Å². The lowest BCUT2D eigenvalue weighted by atomic mass is 10.0. The predicted molar refractivity (Wildman–Crippen MR) is 99.8 cm³/mol. The fourth-order valence-corrected chi connectivity index (χ4v) is 4.27. The van der Waals surface area contributed by atoms with Crippen molar-refractivity contribution < 1.29 is 4.79 Å². The lowest BCUT2D eigenvalue weighted by Gasteiger charge is -2.30. The van der Waals surface area contributed by atoms with Crippen molar-refractivity contribution in [1.29, 1.82) is 0 Å². The molecule has 0 aliphatic carbocycles. The van der Waals surface area contributed by atoms with Crippen molar-refractivity contribution in [3.8, 4) is 0 Å². The Morgan fingerprint density at radius 3 is 2.96 bits per heavy atom. The minimum Gasteiger partial charge on any atom is -0.368 e. The first-order chi connectivity index (χ1) is 11.2. The average Bonchev–Trinajstić information content (AvgIpc) is 3.07. The van der Waals surface area contributed by atoms with Crippen LogP contribution in [0.3, 0.4) is 0 Å². The van der Waals surface area contributed by atoms with Crippen LogP contribution in [0.25, 0.3) is 0 Å². The van der Waals surface area contributed by atoms with Crippen molar-refractivity contribution in [3.05, 3.63) is 23.2 Å². The number of nitrogens with zero attached hydrogens (tertiary/aromatic N) is 1. The highest BCUT2D eigenvalue weighted by Gasteiger charge is 2.18. The van der Waals surface area contributed by atoms with Crippen LogP contribution in [0.2, 0.25) is 5.02 Å². The van der Waals surface area contributed by atoms with Gasteiger partial charge in [0, 0.05) is 36.0 Å². The molecule has 0 saturated carbocycles. The van der Waals surface area contributed by atoms with E-state index in [1.807, 2.05) is 30.0 Å². The van der Waals surface area contributed by atoms with E-state index in [-0.39, 0.29) is 5.91 Å². The second-order valence-corrected chi connectivity index (χ2v) is 7.87. The fourth-order valence-electron chi connectivity index (χ4n) is 3.20. The van der Waals surface area contributed by atoms with E-state index in [0.717, 1.165) is 55.5 Å². The number of thioether (sulfide) groups is 1. The lowest BCUT2D eigenvalue weighted by Crippen LogP contribution is -2.33. The SMILES string of the molecule is O=C(CCC1CCNC1)Nc1cc(Cl)ccc1N1CCSCC1. The predicted octanol–water partition coefficient (Wildman–Crippen LogP) is 3.22. The summed E-state index contributed by atoms with van der Waals surface area (Å²) in [6.45, 7) is 4.16. The molecule has 3 rings (SSSR count). The normalized spacial score (nSPS) is 21.4. The zero-order valence-electron chi connectivity index (χ0n) is 13.3. The standard InChI is InChI=1S/C17H24ClN3OS/c18-14-2-3-16(21-7-9-23-10-8-21)15(11-14)20-17(22)4-1-13-5-6-19-12-13/h2-3,11,13,19H,1,4-10,12H2,(H,20,22). The number of hydrogen-bond donors (Lipinski definition) is 2. The van der Waals surface area contributed by atoms with Crippen molar-refractivity contribution >= 4 is 40.6 Å². The molecule has 23 heavy (non-hydrogen) atoms. The molecule has 126 valence electrons. The van der Waals surface area contributed by atoms with Crippen LogP contribution in [-0.4, -0.2) is 43.6 Å². The second kappa shape index (κ2) is 8.27. The van der Waals surface area contributed by atoms with Crippen LogP contribution in [0.1, 0.15) is 19.3 Å². The van der Waals surface area contributed by atoms with Gasteiger partial charge < -0.3 is 15.5 Å². The molecule has 0 aromatic heterocycles. The Balaban J connectivity index is 1.63. The number of halogens is 1. The van der Waals surface area contributed by atoms with Crippen molar-refractivity contribution in [1.82, 2.24) is 5.32 Å². The minimum absolute atomic E-state index is 0.0896. The Morgan fingerprint density at radius 1 is 1.39 bits per heavy atom. The summed E-state index contributed by atoms with van der Waals surface area (Å²) in [5.74, 6) is 2.99. The number of hydrogen-bond acceptors (Lipinski definition) is 4. The van der Waals surface area contributed by atoms with E-state index in [9.17, 15) is 4.79 Å². The number of carbonyl (C=O) groups excluding carboxylic acids is 1. The van der Waals surface area contributed by atoms with Gasteiger partial charge in [0.05, 0.1) is 11.4 Å². The van der Waals surface area contributed by atoms with Crippen LogP contribution in [0.5, 0.6) is 0 Å². The first-order valence-electron chi connectivity index (χ1n) is 8.35. The molecule has 2 fully saturated rings. The molecule has 2 N–H and O–H groups in total. The van der Waals surface area contributed by atoms with Gasteiger partial charge in [-0.2, -0.15) is 11.8 Å². The van der Waals surface area contributed by atoms with E-state index in [1.165, 1.54) is 6.42 Å². The van der Waals surface area contributed by atoms with Crippen LogP contribution in [0.4, 0.5) is 11.4 Å². The van der Waals surface area contributed by atoms with Gasteiger partial charge >= 0.3 is 0 Å². The van der Waals surface area contributed by atoms with E-state index in [2.05, 4.69) is 15.5 Å². The fraction of sp³-hybridized carbons (Fsp3) is 0.588. The van der Waals surface area contributed by atoms with Crippen molar-refractivity contribution in [2.24, 2.45) is 5.92 Å². The van der Waals surface area contributed by atoms with E-state index >= 15 is 0 Å². The van der Waals surface area contributed by atoms with E-state index < -0.39 is 0 Å². The average molecular weight is 354 g/mol. The molecule has 0 spiro atoms. The third-order valence-corrected chi connectivity index (χ3v) is 5.70. The maximum absolute atomic E-state index is 12.3. The molecule has 1 amide bonds. The summed E-state index contributed by atoms with van der Waals surface area (Å²) in [4.78, 5) is 14.7. The number of rotatable bonds is 5. The molecule has 2 saturated heterocycles. The summed E-state index contributed by atoms with van der Waals surface area (Å²) in [6.07, 6.45) is 2.71. The Labute approximate surface area is 147 Å². The largest absolute Gasteiger partial charge is 0.368 e. The highest BCUT2D eigenvalue weighted by molar-refractivity contribution is 7.99. The van der Waals surface area contributed by atoms with Crippen LogP contribution >= 0.6 is 23.4 Å². The summed E-state index contributed by atoms with van der Waals surface area (Å²) < 4.78 is 0. The monoisotopic (exact) mass is 353 g/mol. The van der Waals surface area contributed by atoms with Crippen molar-refractivity contribution in [3.63, 3.8) is 0 Å². The summed E-state index contributed by atoms with van der Waals surface area (Å²) >= 11 is 8.12. The molecule has 2 aliphatic heterocycles. The maximum atomic E-state index is 12.3. The summed E-state index contributed by atoms with van der Waals surface area (Å²) in [5, 5.41) is 7.09. The Morgan fingerprint density at radius 2 is 2.22 bits per heavy atom. The quantitative estimate of drug-likeness (QED) is 0.853. The first kappa shape index (κ1) is 16.9. The summed E-state index contributed by atoms with van der Waals surface area (Å²) in [6, 6.07) is 5.79. The van der Waals surface area contributed by atoms with Crippen LogP contribution < -0.4 is 15.5 Å². The molecule has 1 unspecified atom stereocenters. The molecular weight excluding hydrogens is 330 g/mol. The molecule has 6 heteroatoms. The molecule has 2 heterocycles. The highest BCUT2D eigenvalue weighted by atomic mass is 35.5. The van der Waals surface area contributed by atoms with Gasteiger partial charge in [-0.05, 0) is 50.0 Å². The molecule has 0 radical (unpaired) electrons. The molecule has 1 aromatic rings. The Bertz CT molecular complexity index is 543. The molecule has 2 aliphatic rings. The van der Waals surface area contributed by atoms with Crippen LogP contribution in [-0.2, 0) is 4.79 Å². The Hall–Kier alpha value is -0.910. The zero-order valence-corrected chi connectivity index (χ0v) is 14.9. The molecule has 1 aromatic carbocycles. The lowest BCUT2D eigenvalue weighted by molar-refractivity contribution is -0.116. The minimum atomic E-state index is 0.0896. The molecular formula is C17H24ClN3OS. The van der Waals surface area contributed by atoms with Crippen LogP contribution in [0.15, 0.2) is 18.2 Å². The van der Waals surface area contributed by atoms with E-state index in [1.54, 1.807) is 0 Å². The van der Waals surface area contributed by atoms with E-state index in [0.29, 0.717) is 17.4 Å². The van der Waals surface area contributed by atoms with Gasteiger partial charge in [-0.25, -0.2) is 0 Å². The van der Waals surface area contributed by atoms with Gasteiger partial charge in [-0.1, -0.05) is 11.6 Å². The third kappa shape index (κ3) is 4.78. The van der Waals surface area contributed by atoms with Gasteiger partial charge in [0.15, 0.2) is 0 Å². The Kier molecular flexibility index (Phi) is 6.08. The van der Waals surface area contributed by atoms with Crippen LogP contribution in [0, 0.1) is 5.92 Å². The summed E-state index contributed by atoms with van der Waals surface area (Å²) in [7, 11) is 0. The molecule has 4 nitrogen and oxygen atoms in total. The number of carbonyl (C=O) groups is 1.